The van der Waals surface area contributed by atoms with Gasteiger partial charge in [0.25, 0.3) is 11.8 Å². The van der Waals surface area contributed by atoms with Crippen LogP contribution in [0.1, 0.15) is 50.6 Å². The van der Waals surface area contributed by atoms with E-state index in [1.165, 1.54) is 11.9 Å². The standard InChI is InChI=1S/C26H26N4O3S/c1-15-13-17(14-20-24(32)29(3)26(33)28-20)16(2)30(15)25-22(19-11-7-8-12-21(19)34-25)23(31)27-18-9-5-4-6-10-18/h4-6,9-10,13-14H,7-8,11-12H2,1-3H3,(H,27,31)(H,28,33)/b20-14+. The summed E-state index contributed by atoms with van der Waals surface area (Å²) >= 11 is 1.68. The number of benzene rings is 1. The predicted molar refractivity (Wildman–Crippen MR) is 133 cm³/mol. The summed E-state index contributed by atoms with van der Waals surface area (Å²) < 4.78 is 2.10. The van der Waals surface area contributed by atoms with Crippen LogP contribution in [0.15, 0.2) is 42.1 Å². The first-order chi connectivity index (χ1) is 16.3. The number of nitrogens with zero attached hydrogens (tertiary/aromatic N) is 2. The number of likely N-dealkylation sites (N-methyl/N-ethyl adjacent to an activating group) is 1. The van der Waals surface area contributed by atoms with Crippen molar-refractivity contribution in [3.63, 3.8) is 0 Å². The van der Waals surface area contributed by atoms with E-state index >= 15 is 0 Å². The molecule has 4 amide bonds. The molecule has 5 rings (SSSR count). The number of fused-ring (bicyclic) bond motifs is 1. The van der Waals surface area contributed by atoms with E-state index < -0.39 is 6.03 Å². The predicted octanol–water partition coefficient (Wildman–Crippen LogP) is 4.81. The van der Waals surface area contributed by atoms with Crippen molar-refractivity contribution in [2.24, 2.45) is 0 Å². The normalized spacial score (nSPS) is 16.7. The molecular weight excluding hydrogens is 448 g/mol. The number of aryl methyl sites for hydroxylation is 2. The van der Waals surface area contributed by atoms with E-state index in [4.69, 9.17) is 0 Å². The number of aromatic nitrogens is 1. The highest BCUT2D eigenvalue weighted by Crippen LogP contribution is 2.39. The van der Waals surface area contributed by atoms with E-state index in [2.05, 4.69) is 15.2 Å². The van der Waals surface area contributed by atoms with Crippen molar-refractivity contribution >= 4 is 40.9 Å². The fourth-order valence-corrected chi connectivity index (χ4v) is 6.18. The van der Waals surface area contributed by atoms with Gasteiger partial charge in [-0.05, 0) is 74.9 Å². The number of amides is 4. The number of thiophene rings is 1. The summed E-state index contributed by atoms with van der Waals surface area (Å²) in [6.45, 7) is 3.97. The summed E-state index contributed by atoms with van der Waals surface area (Å²) in [6.07, 6.45) is 5.79. The van der Waals surface area contributed by atoms with Crippen LogP contribution < -0.4 is 10.6 Å². The van der Waals surface area contributed by atoms with Crippen molar-refractivity contribution in [2.45, 2.75) is 39.5 Å². The molecule has 1 saturated heterocycles. The number of urea groups is 1. The summed E-state index contributed by atoms with van der Waals surface area (Å²) in [7, 11) is 1.45. The van der Waals surface area contributed by atoms with Crippen LogP contribution in [0.5, 0.6) is 0 Å². The number of imide groups is 1. The van der Waals surface area contributed by atoms with Crippen LogP contribution in [0, 0.1) is 13.8 Å². The van der Waals surface area contributed by atoms with Gasteiger partial charge in [0.05, 0.1) is 5.56 Å². The van der Waals surface area contributed by atoms with Crippen molar-refractivity contribution in [1.82, 2.24) is 14.8 Å². The molecule has 2 aromatic heterocycles. The number of rotatable bonds is 4. The minimum atomic E-state index is -0.434. The van der Waals surface area contributed by atoms with Crippen molar-refractivity contribution in [1.29, 1.82) is 0 Å². The van der Waals surface area contributed by atoms with Gasteiger partial charge in [0.1, 0.15) is 10.7 Å². The van der Waals surface area contributed by atoms with Crippen molar-refractivity contribution in [3.8, 4) is 5.00 Å². The third-order valence-corrected chi connectivity index (χ3v) is 7.74. The van der Waals surface area contributed by atoms with Gasteiger partial charge in [0, 0.05) is 29.0 Å². The number of carbonyl (C=O) groups excluding carboxylic acids is 3. The van der Waals surface area contributed by atoms with E-state index in [1.54, 1.807) is 17.4 Å². The number of hydrogen-bond donors (Lipinski definition) is 2. The number of hydrogen-bond acceptors (Lipinski definition) is 4. The molecular formula is C26H26N4O3S. The van der Waals surface area contributed by atoms with Gasteiger partial charge in [-0.2, -0.15) is 0 Å². The molecule has 1 aliphatic heterocycles. The molecule has 34 heavy (non-hydrogen) atoms. The molecule has 0 bridgehead atoms. The van der Waals surface area contributed by atoms with Crippen LogP contribution in [0.2, 0.25) is 0 Å². The molecule has 0 radical (unpaired) electrons. The molecule has 1 aliphatic carbocycles. The number of carbonyl (C=O) groups is 3. The van der Waals surface area contributed by atoms with Gasteiger partial charge < -0.3 is 15.2 Å². The fourth-order valence-electron chi connectivity index (χ4n) is 4.68. The maximum atomic E-state index is 13.5. The molecule has 3 aromatic rings. The van der Waals surface area contributed by atoms with E-state index in [-0.39, 0.29) is 17.5 Å². The quantitative estimate of drug-likeness (QED) is 0.421. The zero-order valence-corrected chi connectivity index (χ0v) is 20.2. The summed E-state index contributed by atoms with van der Waals surface area (Å²) in [5.41, 5.74) is 5.59. The van der Waals surface area contributed by atoms with Gasteiger partial charge in [-0.25, -0.2) is 4.79 Å². The molecule has 0 atom stereocenters. The molecule has 3 heterocycles. The van der Waals surface area contributed by atoms with Gasteiger partial charge in [0.2, 0.25) is 0 Å². The van der Waals surface area contributed by atoms with Crippen LogP contribution in [-0.4, -0.2) is 34.4 Å². The Morgan fingerprint density at radius 3 is 2.56 bits per heavy atom. The number of anilines is 1. The molecule has 7 nitrogen and oxygen atoms in total. The SMILES string of the molecule is Cc1cc(/C=C2/NC(=O)N(C)C2=O)c(C)n1-c1sc2c(c1C(=O)Nc1ccccc1)CCCC2. The highest BCUT2D eigenvalue weighted by molar-refractivity contribution is 7.15. The van der Waals surface area contributed by atoms with Crippen molar-refractivity contribution in [2.75, 3.05) is 12.4 Å². The van der Waals surface area contributed by atoms with Crippen molar-refractivity contribution in [3.05, 3.63) is 75.1 Å². The minimum Gasteiger partial charge on any atom is -0.322 e. The third-order valence-electron chi connectivity index (χ3n) is 6.47. The Balaban J connectivity index is 1.59. The monoisotopic (exact) mass is 474 g/mol. The Morgan fingerprint density at radius 2 is 1.85 bits per heavy atom. The van der Waals surface area contributed by atoms with E-state index in [0.717, 1.165) is 69.3 Å². The van der Waals surface area contributed by atoms with Gasteiger partial charge in [-0.3, -0.25) is 14.5 Å². The molecule has 8 heteroatoms. The van der Waals surface area contributed by atoms with E-state index in [0.29, 0.717) is 0 Å². The zero-order chi connectivity index (χ0) is 24.0. The van der Waals surface area contributed by atoms with Crippen molar-refractivity contribution < 1.29 is 14.4 Å². The Labute approximate surface area is 202 Å². The average molecular weight is 475 g/mol. The molecule has 174 valence electrons. The second-order valence-electron chi connectivity index (χ2n) is 8.73. The fraction of sp³-hybridized carbons (Fsp3) is 0.269. The Hall–Kier alpha value is -3.65. The lowest BCUT2D eigenvalue weighted by Gasteiger charge is -2.14. The average Bonchev–Trinajstić information content (AvgIpc) is 3.41. The van der Waals surface area contributed by atoms with Crippen LogP contribution in [0.3, 0.4) is 0 Å². The van der Waals surface area contributed by atoms with Gasteiger partial charge >= 0.3 is 6.03 Å². The summed E-state index contributed by atoms with van der Waals surface area (Å²) in [6, 6.07) is 11.0. The molecule has 1 aromatic carbocycles. The van der Waals surface area contributed by atoms with E-state index in [9.17, 15) is 14.4 Å². The van der Waals surface area contributed by atoms with Gasteiger partial charge in [-0.15, -0.1) is 11.3 Å². The first-order valence-corrected chi connectivity index (χ1v) is 12.2. The Bertz CT molecular complexity index is 1350. The molecule has 1 fully saturated rings. The smallest absolute Gasteiger partial charge is 0.322 e. The second-order valence-corrected chi connectivity index (χ2v) is 9.81. The van der Waals surface area contributed by atoms with Gasteiger partial charge in [0.15, 0.2) is 0 Å². The topological polar surface area (TPSA) is 83.4 Å². The maximum Gasteiger partial charge on any atom is 0.328 e. The highest BCUT2D eigenvalue weighted by atomic mass is 32.1. The van der Waals surface area contributed by atoms with Crippen LogP contribution >= 0.6 is 11.3 Å². The lowest BCUT2D eigenvalue weighted by molar-refractivity contribution is -0.121. The van der Waals surface area contributed by atoms with E-state index in [1.807, 2.05) is 50.2 Å². The largest absolute Gasteiger partial charge is 0.328 e. The summed E-state index contributed by atoms with van der Waals surface area (Å²) in [4.78, 5) is 40.1. The second kappa shape index (κ2) is 8.61. The van der Waals surface area contributed by atoms with Crippen LogP contribution in [0.4, 0.5) is 10.5 Å². The molecule has 0 spiro atoms. The zero-order valence-electron chi connectivity index (χ0n) is 19.4. The molecule has 0 unspecified atom stereocenters. The van der Waals surface area contributed by atoms with Crippen LogP contribution in [-0.2, 0) is 17.6 Å². The minimum absolute atomic E-state index is 0.104. The summed E-state index contributed by atoms with van der Waals surface area (Å²) in [5, 5.41) is 6.59. The lowest BCUT2D eigenvalue weighted by atomic mass is 9.95. The highest BCUT2D eigenvalue weighted by Gasteiger charge is 2.31. The Morgan fingerprint density at radius 1 is 1.12 bits per heavy atom. The van der Waals surface area contributed by atoms with Crippen LogP contribution in [0.25, 0.3) is 11.1 Å². The number of nitrogens with one attached hydrogen (secondary N) is 2. The third kappa shape index (κ3) is 3.74. The molecule has 2 N–H and O–H groups in total. The number of para-hydroxylation sites is 1. The lowest BCUT2D eigenvalue weighted by Crippen LogP contribution is -2.25. The summed E-state index contributed by atoms with van der Waals surface area (Å²) in [5.74, 6) is -0.461. The molecule has 2 aliphatic rings. The Kier molecular flexibility index (Phi) is 5.61. The first kappa shape index (κ1) is 22.2. The maximum absolute atomic E-state index is 13.5. The van der Waals surface area contributed by atoms with Gasteiger partial charge in [-0.1, -0.05) is 18.2 Å². The first-order valence-electron chi connectivity index (χ1n) is 11.4. The molecule has 0 saturated carbocycles.